The Morgan fingerprint density at radius 2 is 1.96 bits per heavy atom. The summed E-state index contributed by atoms with van der Waals surface area (Å²) in [7, 11) is 3.91. The Hall–Kier alpha value is -1.58. The van der Waals surface area contributed by atoms with Crippen LogP contribution in [0.3, 0.4) is 0 Å². The predicted octanol–water partition coefficient (Wildman–Crippen LogP) is 1.69. The highest BCUT2D eigenvalue weighted by atomic mass is 127. The van der Waals surface area contributed by atoms with Crippen LogP contribution < -0.4 is 10.6 Å². The molecule has 2 rings (SSSR count). The van der Waals surface area contributed by atoms with Gasteiger partial charge in [0.15, 0.2) is 5.96 Å². The lowest BCUT2D eigenvalue weighted by Crippen LogP contribution is -2.38. The molecule has 2 aromatic heterocycles. The van der Waals surface area contributed by atoms with Crippen molar-refractivity contribution in [1.29, 1.82) is 0 Å². The van der Waals surface area contributed by atoms with E-state index in [4.69, 9.17) is 0 Å². The van der Waals surface area contributed by atoms with Gasteiger partial charge in [0.25, 0.3) is 0 Å². The molecule has 0 saturated heterocycles. The summed E-state index contributed by atoms with van der Waals surface area (Å²) in [6.07, 6.45) is 2.72. The van der Waals surface area contributed by atoms with Crippen molar-refractivity contribution in [2.45, 2.75) is 33.7 Å². The molecule has 7 nitrogen and oxygen atoms in total. The minimum absolute atomic E-state index is 0. The summed E-state index contributed by atoms with van der Waals surface area (Å²) >= 11 is 0. The molecule has 0 aliphatic heterocycles. The zero-order valence-electron chi connectivity index (χ0n) is 15.1. The van der Waals surface area contributed by atoms with Gasteiger partial charge in [-0.25, -0.2) is 4.99 Å². The number of nitrogens with zero attached hydrogens (tertiary/aromatic N) is 5. The van der Waals surface area contributed by atoms with Gasteiger partial charge in [-0.1, -0.05) is 0 Å². The molecular weight excluding hydrogens is 417 g/mol. The van der Waals surface area contributed by atoms with Crippen LogP contribution in [0.1, 0.15) is 29.6 Å². The third-order valence-electron chi connectivity index (χ3n) is 3.99. The van der Waals surface area contributed by atoms with Gasteiger partial charge in [-0.2, -0.15) is 10.2 Å². The Morgan fingerprint density at radius 1 is 1.21 bits per heavy atom. The van der Waals surface area contributed by atoms with Crippen LogP contribution >= 0.6 is 24.0 Å². The van der Waals surface area contributed by atoms with Crippen molar-refractivity contribution in [2.75, 3.05) is 13.1 Å². The molecule has 2 N–H and O–H groups in total. The number of rotatable bonds is 6. The molecule has 0 bridgehead atoms. The Kier molecular flexibility index (Phi) is 8.23. The van der Waals surface area contributed by atoms with E-state index in [2.05, 4.69) is 46.6 Å². The van der Waals surface area contributed by atoms with Crippen LogP contribution in [0.25, 0.3) is 0 Å². The summed E-state index contributed by atoms with van der Waals surface area (Å²) < 4.78 is 3.78. The topological polar surface area (TPSA) is 72.1 Å². The van der Waals surface area contributed by atoms with Crippen molar-refractivity contribution in [2.24, 2.45) is 19.1 Å². The van der Waals surface area contributed by atoms with E-state index in [-0.39, 0.29) is 24.0 Å². The highest BCUT2D eigenvalue weighted by Crippen LogP contribution is 2.11. The van der Waals surface area contributed by atoms with Crippen LogP contribution in [0, 0.1) is 13.8 Å². The second-order valence-electron chi connectivity index (χ2n) is 5.59. The molecular formula is C16H28IN7. The van der Waals surface area contributed by atoms with Gasteiger partial charge < -0.3 is 10.6 Å². The molecule has 0 aliphatic carbocycles. The van der Waals surface area contributed by atoms with E-state index < -0.39 is 0 Å². The molecule has 0 unspecified atom stereocenters. The summed E-state index contributed by atoms with van der Waals surface area (Å²) in [5.41, 5.74) is 4.72. The van der Waals surface area contributed by atoms with E-state index in [0.29, 0.717) is 6.54 Å². The minimum atomic E-state index is 0. The predicted molar refractivity (Wildman–Crippen MR) is 108 cm³/mol. The summed E-state index contributed by atoms with van der Waals surface area (Å²) in [4.78, 5) is 4.61. The molecule has 0 aromatic carbocycles. The number of hydrogen-bond donors (Lipinski definition) is 2. The van der Waals surface area contributed by atoms with E-state index in [9.17, 15) is 0 Å². The van der Waals surface area contributed by atoms with E-state index in [1.54, 1.807) is 6.20 Å². The number of aryl methyl sites for hydroxylation is 3. The van der Waals surface area contributed by atoms with Crippen LogP contribution in [0.5, 0.6) is 0 Å². The Morgan fingerprint density at radius 3 is 2.50 bits per heavy atom. The van der Waals surface area contributed by atoms with E-state index in [1.807, 2.05) is 29.5 Å². The van der Waals surface area contributed by atoms with Crippen LogP contribution in [-0.4, -0.2) is 38.6 Å². The Labute approximate surface area is 160 Å². The van der Waals surface area contributed by atoms with Gasteiger partial charge in [0, 0.05) is 39.1 Å². The molecule has 8 heteroatoms. The van der Waals surface area contributed by atoms with Gasteiger partial charge in [-0.15, -0.1) is 24.0 Å². The highest BCUT2D eigenvalue weighted by molar-refractivity contribution is 14.0. The fourth-order valence-electron chi connectivity index (χ4n) is 2.54. The SMILES string of the molecule is CCNC(=NCc1ccnn1C)NCCc1c(C)nn(C)c1C.I. The summed E-state index contributed by atoms with van der Waals surface area (Å²) in [5.74, 6) is 0.827. The van der Waals surface area contributed by atoms with Crippen LogP contribution in [0.15, 0.2) is 17.3 Å². The molecule has 0 radical (unpaired) electrons. The molecule has 0 amide bonds. The quantitative estimate of drug-likeness (QED) is 0.403. The van der Waals surface area contributed by atoms with E-state index in [0.717, 1.165) is 36.9 Å². The van der Waals surface area contributed by atoms with Crippen molar-refractivity contribution >= 4 is 29.9 Å². The largest absolute Gasteiger partial charge is 0.357 e. The van der Waals surface area contributed by atoms with Gasteiger partial charge in [0.1, 0.15) is 0 Å². The monoisotopic (exact) mass is 445 g/mol. The summed E-state index contributed by atoms with van der Waals surface area (Å²) in [6, 6.07) is 1.98. The average molecular weight is 445 g/mol. The molecule has 0 spiro atoms. The number of guanidine groups is 1. The maximum absolute atomic E-state index is 4.61. The molecule has 24 heavy (non-hydrogen) atoms. The standard InChI is InChI=1S/C16H27N7.HI/c1-6-17-16(19-11-14-7-10-20-23(14)5)18-9-8-15-12(2)21-22(4)13(15)3;/h7,10H,6,8-9,11H2,1-5H3,(H2,17,18,19);1H. The second-order valence-corrected chi connectivity index (χ2v) is 5.59. The lowest BCUT2D eigenvalue weighted by atomic mass is 10.1. The number of aromatic nitrogens is 4. The number of aliphatic imine (C=N–C) groups is 1. The lowest BCUT2D eigenvalue weighted by Gasteiger charge is -2.11. The lowest BCUT2D eigenvalue weighted by molar-refractivity contribution is 0.706. The molecule has 2 heterocycles. The second kappa shape index (κ2) is 9.65. The van der Waals surface area contributed by atoms with Crippen molar-refractivity contribution < 1.29 is 0 Å². The molecule has 0 atom stereocenters. The smallest absolute Gasteiger partial charge is 0.191 e. The minimum Gasteiger partial charge on any atom is -0.357 e. The maximum Gasteiger partial charge on any atom is 0.191 e. The van der Waals surface area contributed by atoms with Gasteiger partial charge in [0.05, 0.1) is 17.9 Å². The third kappa shape index (κ3) is 5.22. The molecule has 0 fully saturated rings. The maximum atomic E-state index is 4.61. The van der Waals surface area contributed by atoms with Crippen LogP contribution in [0.4, 0.5) is 0 Å². The normalized spacial score (nSPS) is 11.3. The van der Waals surface area contributed by atoms with E-state index in [1.165, 1.54) is 11.3 Å². The zero-order valence-corrected chi connectivity index (χ0v) is 17.5. The first-order chi connectivity index (χ1) is 11.0. The van der Waals surface area contributed by atoms with E-state index >= 15 is 0 Å². The van der Waals surface area contributed by atoms with Gasteiger partial charge >= 0.3 is 0 Å². The summed E-state index contributed by atoms with van der Waals surface area (Å²) in [6.45, 7) is 8.50. The number of nitrogens with one attached hydrogen (secondary N) is 2. The van der Waals surface area contributed by atoms with Gasteiger partial charge in [0.2, 0.25) is 0 Å². The van der Waals surface area contributed by atoms with Gasteiger partial charge in [-0.3, -0.25) is 9.36 Å². The van der Waals surface area contributed by atoms with Crippen molar-refractivity contribution in [3.8, 4) is 0 Å². The van der Waals surface area contributed by atoms with Crippen molar-refractivity contribution in [3.63, 3.8) is 0 Å². The molecule has 2 aromatic rings. The number of hydrogen-bond acceptors (Lipinski definition) is 3. The van der Waals surface area contributed by atoms with Crippen LogP contribution in [-0.2, 0) is 27.1 Å². The fourth-order valence-corrected chi connectivity index (χ4v) is 2.54. The Balaban J connectivity index is 0.00000288. The first-order valence-corrected chi connectivity index (χ1v) is 8.01. The number of halogens is 1. The molecule has 0 aliphatic rings. The zero-order chi connectivity index (χ0) is 16.8. The third-order valence-corrected chi connectivity index (χ3v) is 3.99. The van der Waals surface area contributed by atoms with Crippen molar-refractivity contribution in [1.82, 2.24) is 30.2 Å². The van der Waals surface area contributed by atoms with Crippen molar-refractivity contribution in [3.05, 3.63) is 34.9 Å². The average Bonchev–Trinajstić information content (AvgIpc) is 3.02. The fraction of sp³-hybridized carbons (Fsp3) is 0.562. The highest BCUT2D eigenvalue weighted by Gasteiger charge is 2.09. The first-order valence-electron chi connectivity index (χ1n) is 8.01. The van der Waals surface area contributed by atoms with Crippen LogP contribution in [0.2, 0.25) is 0 Å². The summed E-state index contributed by atoms with van der Waals surface area (Å²) in [5, 5.41) is 15.3. The molecule has 134 valence electrons. The Bertz CT molecular complexity index is 672. The first kappa shape index (κ1) is 20.5. The molecule has 0 saturated carbocycles. The van der Waals surface area contributed by atoms with Gasteiger partial charge in [-0.05, 0) is 38.8 Å².